The van der Waals surface area contributed by atoms with Gasteiger partial charge in [0.15, 0.2) is 0 Å². The molecule has 2 atom stereocenters. The summed E-state index contributed by atoms with van der Waals surface area (Å²) >= 11 is 5.88. The van der Waals surface area contributed by atoms with E-state index < -0.39 is 0 Å². The molecule has 0 spiro atoms. The van der Waals surface area contributed by atoms with Crippen molar-refractivity contribution in [2.75, 3.05) is 13.1 Å². The van der Waals surface area contributed by atoms with Gasteiger partial charge in [-0.05, 0) is 50.6 Å². The molecule has 2 aromatic rings. The number of hydrogen-bond acceptors (Lipinski definition) is 5. The fraction of sp³-hybridized carbons (Fsp3) is 0.467. The summed E-state index contributed by atoms with van der Waals surface area (Å²) in [6.45, 7) is 3.62. The van der Waals surface area contributed by atoms with Crippen molar-refractivity contribution in [3.63, 3.8) is 0 Å². The summed E-state index contributed by atoms with van der Waals surface area (Å²) in [4.78, 5) is 6.64. The number of halogens is 1. The van der Waals surface area contributed by atoms with Crippen LogP contribution in [0.2, 0.25) is 5.02 Å². The van der Waals surface area contributed by atoms with Crippen LogP contribution in [0.15, 0.2) is 28.8 Å². The monoisotopic (exact) mass is 307 g/mol. The van der Waals surface area contributed by atoms with E-state index in [0.717, 1.165) is 24.9 Å². The van der Waals surface area contributed by atoms with Crippen LogP contribution in [0.4, 0.5) is 0 Å². The minimum absolute atomic E-state index is 0.00787. The van der Waals surface area contributed by atoms with Crippen molar-refractivity contribution in [3.8, 4) is 11.4 Å². The summed E-state index contributed by atoms with van der Waals surface area (Å²) in [5.74, 6) is 1.14. The smallest absolute Gasteiger partial charge is 0.244 e. The third kappa shape index (κ3) is 3.26. The van der Waals surface area contributed by atoms with Gasteiger partial charge < -0.3 is 9.63 Å². The summed E-state index contributed by atoms with van der Waals surface area (Å²) in [7, 11) is 0. The zero-order chi connectivity index (χ0) is 14.8. The van der Waals surface area contributed by atoms with E-state index in [4.69, 9.17) is 16.1 Å². The van der Waals surface area contributed by atoms with Gasteiger partial charge in [-0.3, -0.25) is 4.90 Å². The maximum atomic E-state index is 9.76. The Morgan fingerprint density at radius 3 is 2.86 bits per heavy atom. The number of nitrogens with zero attached hydrogens (tertiary/aromatic N) is 3. The highest BCUT2D eigenvalue weighted by Crippen LogP contribution is 2.25. The van der Waals surface area contributed by atoms with Crippen LogP contribution >= 0.6 is 11.6 Å². The molecule has 3 rings (SSSR count). The van der Waals surface area contributed by atoms with Crippen molar-refractivity contribution in [2.24, 2.45) is 0 Å². The zero-order valence-corrected chi connectivity index (χ0v) is 12.6. The molecule has 6 heteroatoms. The van der Waals surface area contributed by atoms with Crippen LogP contribution in [0.25, 0.3) is 11.4 Å². The fourth-order valence-corrected chi connectivity index (χ4v) is 2.74. The first-order chi connectivity index (χ1) is 10.1. The molecule has 1 aromatic heterocycles. The lowest BCUT2D eigenvalue weighted by Crippen LogP contribution is -2.39. The number of likely N-dealkylation sites (tertiary alicyclic amines) is 1. The number of rotatable bonds is 3. The molecule has 0 amide bonds. The first-order valence-corrected chi connectivity index (χ1v) is 7.53. The largest absolute Gasteiger partial charge is 0.392 e. The van der Waals surface area contributed by atoms with E-state index in [1.807, 2.05) is 19.1 Å². The van der Waals surface area contributed by atoms with Gasteiger partial charge in [-0.2, -0.15) is 4.98 Å². The molecule has 1 aliphatic rings. The Labute approximate surface area is 128 Å². The minimum Gasteiger partial charge on any atom is -0.392 e. The van der Waals surface area contributed by atoms with Crippen molar-refractivity contribution in [1.29, 1.82) is 0 Å². The molecule has 2 heterocycles. The highest BCUT2D eigenvalue weighted by atomic mass is 35.5. The van der Waals surface area contributed by atoms with Crippen LogP contribution in [0, 0.1) is 0 Å². The molecule has 112 valence electrons. The van der Waals surface area contributed by atoms with Gasteiger partial charge >= 0.3 is 0 Å². The molecule has 2 unspecified atom stereocenters. The SMILES string of the molecule is CC(c1nc(-c2ccc(Cl)cc2)no1)N1CCCC(O)C1. The lowest BCUT2D eigenvalue weighted by molar-refractivity contribution is 0.0422. The van der Waals surface area contributed by atoms with E-state index in [-0.39, 0.29) is 12.1 Å². The first kappa shape index (κ1) is 14.5. The first-order valence-electron chi connectivity index (χ1n) is 7.15. The van der Waals surface area contributed by atoms with E-state index in [9.17, 15) is 5.11 Å². The van der Waals surface area contributed by atoms with Crippen LogP contribution in [-0.4, -0.2) is 39.3 Å². The minimum atomic E-state index is -0.264. The van der Waals surface area contributed by atoms with Crippen molar-refractivity contribution < 1.29 is 9.63 Å². The van der Waals surface area contributed by atoms with E-state index in [2.05, 4.69) is 15.0 Å². The second-order valence-corrected chi connectivity index (χ2v) is 5.87. The van der Waals surface area contributed by atoms with E-state index >= 15 is 0 Å². The van der Waals surface area contributed by atoms with Crippen LogP contribution in [-0.2, 0) is 0 Å². The van der Waals surface area contributed by atoms with E-state index in [1.54, 1.807) is 12.1 Å². The molecular weight excluding hydrogens is 290 g/mol. The second kappa shape index (κ2) is 6.13. The second-order valence-electron chi connectivity index (χ2n) is 5.43. The third-order valence-corrected chi connectivity index (χ3v) is 4.13. The van der Waals surface area contributed by atoms with Gasteiger partial charge in [0.1, 0.15) is 0 Å². The van der Waals surface area contributed by atoms with Gasteiger partial charge in [-0.1, -0.05) is 16.8 Å². The maximum Gasteiger partial charge on any atom is 0.244 e. The predicted octanol–water partition coefficient (Wildman–Crippen LogP) is 2.91. The molecule has 0 saturated carbocycles. The number of aliphatic hydroxyl groups is 1. The third-order valence-electron chi connectivity index (χ3n) is 3.88. The van der Waals surface area contributed by atoms with Crippen molar-refractivity contribution in [3.05, 3.63) is 35.2 Å². The molecule has 0 radical (unpaired) electrons. The maximum absolute atomic E-state index is 9.76. The predicted molar refractivity (Wildman–Crippen MR) is 80.0 cm³/mol. The average Bonchev–Trinajstić information content (AvgIpc) is 2.97. The van der Waals surface area contributed by atoms with E-state index in [0.29, 0.717) is 23.3 Å². The standard InChI is InChI=1S/C15H18ClN3O2/c1-10(19-8-2-3-13(20)9-19)15-17-14(18-21-15)11-4-6-12(16)7-5-11/h4-7,10,13,20H,2-3,8-9H2,1H3. The normalized spacial score (nSPS) is 21.4. The van der Waals surface area contributed by atoms with Gasteiger partial charge in [0, 0.05) is 17.1 Å². The Kier molecular flexibility index (Phi) is 4.24. The van der Waals surface area contributed by atoms with Gasteiger partial charge in [-0.25, -0.2) is 0 Å². The van der Waals surface area contributed by atoms with Crippen LogP contribution in [0.1, 0.15) is 31.7 Å². The molecule has 21 heavy (non-hydrogen) atoms. The van der Waals surface area contributed by atoms with Gasteiger partial charge in [0.05, 0.1) is 12.1 Å². The Hall–Kier alpha value is -1.43. The van der Waals surface area contributed by atoms with Crippen molar-refractivity contribution in [1.82, 2.24) is 15.0 Å². The van der Waals surface area contributed by atoms with Crippen molar-refractivity contribution in [2.45, 2.75) is 31.9 Å². The molecule has 1 aliphatic heterocycles. The number of β-amino-alcohol motifs (C(OH)–C–C–N with tert-alkyl or cyclic N) is 1. The quantitative estimate of drug-likeness (QED) is 0.944. The number of aliphatic hydroxyl groups excluding tert-OH is 1. The summed E-state index contributed by atoms with van der Waals surface area (Å²) < 4.78 is 5.38. The van der Waals surface area contributed by atoms with Gasteiger partial charge in [0.25, 0.3) is 0 Å². The summed E-state index contributed by atoms with van der Waals surface area (Å²) in [5, 5.41) is 14.5. The Morgan fingerprint density at radius 1 is 1.38 bits per heavy atom. The molecule has 1 saturated heterocycles. The average molecular weight is 308 g/mol. The summed E-state index contributed by atoms with van der Waals surface area (Å²) in [6.07, 6.45) is 1.59. The Morgan fingerprint density at radius 2 is 2.14 bits per heavy atom. The van der Waals surface area contributed by atoms with Gasteiger partial charge in [-0.15, -0.1) is 0 Å². The zero-order valence-electron chi connectivity index (χ0n) is 11.9. The molecule has 0 aliphatic carbocycles. The van der Waals surface area contributed by atoms with Gasteiger partial charge in [0.2, 0.25) is 11.7 Å². The summed E-state index contributed by atoms with van der Waals surface area (Å²) in [5.41, 5.74) is 0.875. The molecule has 0 bridgehead atoms. The highest BCUT2D eigenvalue weighted by Gasteiger charge is 2.26. The number of piperidine rings is 1. The Bertz CT molecular complexity index is 599. The van der Waals surface area contributed by atoms with E-state index in [1.165, 1.54) is 0 Å². The molecule has 5 nitrogen and oxygen atoms in total. The lowest BCUT2D eigenvalue weighted by Gasteiger charge is -2.32. The molecule has 1 aromatic carbocycles. The highest BCUT2D eigenvalue weighted by molar-refractivity contribution is 6.30. The molecule has 1 fully saturated rings. The molecular formula is C15H18ClN3O2. The van der Waals surface area contributed by atoms with Crippen LogP contribution in [0.5, 0.6) is 0 Å². The summed E-state index contributed by atoms with van der Waals surface area (Å²) in [6, 6.07) is 7.35. The number of hydrogen-bond donors (Lipinski definition) is 1. The molecule has 1 N–H and O–H groups in total. The van der Waals surface area contributed by atoms with Crippen LogP contribution in [0.3, 0.4) is 0 Å². The lowest BCUT2D eigenvalue weighted by atomic mass is 10.1. The Balaban J connectivity index is 1.76. The van der Waals surface area contributed by atoms with Crippen LogP contribution < -0.4 is 0 Å². The topological polar surface area (TPSA) is 62.4 Å². The number of aromatic nitrogens is 2. The number of benzene rings is 1. The fourth-order valence-electron chi connectivity index (χ4n) is 2.61. The van der Waals surface area contributed by atoms with Crippen molar-refractivity contribution >= 4 is 11.6 Å².